The molecule has 2 heterocycles. The first-order valence-electron chi connectivity index (χ1n) is 15.2. The highest BCUT2D eigenvalue weighted by atomic mass is 16.3. The zero-order chi connectivity index (χ0) is 34.1. The van der Waals surface area contributed by atoms with E-state index in [-0.39, 0.29) is 29.8 Å². The second-order valence-electron chi connectivity index (χ2n) is 11.1. The summed E-state index contributed by atoms with van der Waals surface area (Å²) in [5, 5.41) is 44.3. The quantitative estimate of drug-likeness (QED) is 0.0941. The van der Waals surface area contributed by atoms with Gasteiger partial charge in [-0.05, 0) is 58.9 Å². The highest BCUT2D eigenvalue weighted by Crippen LogP contribution is 2.26. The largest absolute Gasteiger partial charge is 0.492 e. The van der Waals surface area contributed by atoms with E-state index in [9.17, 15) is 10.2 Å². The molecule has 4 aromatic carbocycles. The smallest absolute Gasteiger partial charge is 0.239 e. The molecule has 7 N–H and O–H groups in total. The van der Waals surface area contributed by atoms with Crippen molar-refractivity contribution in [3.8, 4) is 34.5 Å². The Bertz CT molecular complexity index is 1860. The van der Waals surface area contributed by atoms with Crippen molar-refractivity contribution in [2.45, 2.75) is 34.6 Å². The number of aromatic amines is 2. The topological polar surface area (TPSA) is 166 Å². The first kappa shape index (κ1) is 34.1. The van der Waals surface area contributed by atoms with Gasteiger partial charge < -0.3 is 25.3 Å². The fraction of sp³-hybridized carbons (Fsp3) is 0.158. The van der Waals surface area contributed by atoms with Crippen LogP contribution >= 0.6 is 0 Å². The molecule has 0 fully saturated rings. The van der Waals surface area contributed by atoms with Gasteiger partial charge in [0.2, 0.25) is 11.8 Å². The predicted molar refractivity (Wildman–Crippen MR) is 188 cm³/mol. The van der Waals surface area contributed by atoms with Crippen LogP contribution in [0.1, 0.15) is 51.7 Å². The van der Waals surface area contributed by atoms with Crippen LogP contribution in [0.15, 0.2) is 97.1 Å². The lowest BCUT2D eigenvalue weighted by atomic mass is 10.1. The van der Waals surface area contributed by atoms with Gasteiger partial charge >= 0.3 is 0 Å². The van der Waals surface area contributed by atoms with Crippen molar-refractivity contribution < 1.29 is 15.3 Å². The normalized spacial score (nSPS) is 10.3. The summed E-state index contributed by atoms with van der Waals surface area (Å²) in [6, 6.07) is 31.0. The third kappa shape index (κ3) is 8.68. The Kier molecular flexibility index (Phi) is 11.2. The van der Waals surface area contributed by atoms with Crippen LogP contribution in [0.4, 0.5) is 0 Å². The van der Waals surface area contributed by atoms with E-state index in [2.05, 4.69) is 19.9 Å². The molecule has 6 rings (SSSR count). The molecular weight excluding hydrogens is 588 g/mol. The van der Waals surface area contributed by atoms with Crippen LogP contribution in [0, 0.1) is 38.5 Å². The Morgan fingerprint density at radius 3 is 1.21 bits per heavy atom. The molecule has 6 aromatic rings. The first-order chi connectivity index (χ1) is 22.5. The molecule has 9 nitrogen and oxygen atoms in total. The molecule has 0 spiro atoms. The molecule has 0 aliphatic heterocycles. The molecule has 0 saturated carbocycles. The number of nitrogens with one attached hydrogen (secondary N) is 4. The van der Waals surface area contributed by atoms with Crippen molar-refractivity contribution in [1.29, 1.82) is 10.8 Å². The Hall–Kier alpha value is -5.80. The average molecular weight is 629 g/mol. The Balaban J connectivity index is 0.000000197. The molecule has 47 heavy (non-hydrogen) atoms. The van der Waals surface area contributed by atoms with Gasteiger partial charge in [-0.15, -0.1) is 0 Å². The van der Waals surface area contributed by atoms with Crippen LogP contribution in [0.5, 0.6) is 11.8 Å². The molecule has 0 radical (unpaired) electrons. The molecule has 0 aliphatic carbocycles. The molecule has 9 heteroatoms. The average Bonchev–Trinajstić information content (AvgIpc) is 3.63. The highest BCUT2D eigenvalue weighted by Gasteiger charge is 2.17. The van der Waals surface area contributed by atoms with Crippen molar-refractivity contribution in [2.75, 3.05) is 6.61 Å². The van der Waals surface area contributed by atoms with E-state index in [4.69, 9.17) is 15.9 Å². The maximum Gasteiger partial charge on any atom is 0.239 e. The van der Waals surface area contributed by atoms with Gasteiger partial charge in [-0.1, -0.05) is 95.1 Å². The summed E-state index contributed by atoms with van der Waals surface area (Å²) in [6.07, 6.45) is 0. The summed E-state index contributed by atoms with van der Waals surface area (Å²) >= 11 is 0. The number of hydrogen-bond acceptors (Lipinski definition) is 7. The number of benzene rings is 4. The Morgan fingerprint density at radius 2 is 0.894 bits per heavy atom. The summed E-state index contributed by atoms with van der Waals surface area (Å²) in [4.78, 5) is 14.4. The molecule has 0 aliphatic rings. The monoisotopic (exact) mass is 628 g/mol. The van der Waals surface area contributed by atoms with Gasteiger partial charge in [-0.2, -0.15) is 9.97 Å². The minimum atomic E-state index is -0.150. The predicted octanol–water partition coefficient (Wildman–Crippen LogP) is 7.63. The third-order valence-corrected chi connectivity index (χ3v) is 7.07. The Labute approximate surface area is 274 Å². The van der Waals surface area contributed by atoms with E-state index >= 15 is 0 Å². The number of imidazole rings is 2. The molecule has 0 saturated heterocycles. The van der Waals surface area contributed by atoms with Gasteiger partial charge in [0.05, 0.1) is 11.4 Å². The van der Waals surface area contributed by atoms with Crippen molar-refractivity contribution in [3.05, 3.63) is 142 Å². The number of hydrogen-bond donors (Lipinski definition) is 7. The molecule has 2 aromatic heterocycles. The number of aliphatic hydroxyl groups is 1. The van der Waals surface area contributed by atoms with Crippen molar-refractivity contribution in [2.24, 2.45) is 0 Å². The van der Waals surface area contributed by atoms with Gasteiger partial charge in [-0.3, -0.25) is 10.8 Å². The fourth-order valence-corrected chi connectivity index (χ4v) is 4.82. The number of aromatic nitrogens is 4. The van der Waals surface area contributed by atoms with Crippen LogP contribution in [-0.2, 0) is 0 Å². The summed E-state index contributed by atoms with van der Waals surface area (Å²) in [5.74, 6) is 0.827. The van der Waals surface area contributed by atoms with Crippen LogP contribution in [-0.4, -0.2) is 53.3 Å². The maximum atomic E-state index is 10.1. The van der Waals surface area contributed by atoms with Crippen LogP contribution in [0.3, 0.4) is 0 Å². The van der Waals surface area contributed by atoms with Gasteiger partial charge in [0, 0.05) is 28.9 Å². The number of aliphatic hydroxyl groups excluding tert-OH is 1. The summed E-state index contributed by atoms with van der Waals surface area (Å²) in [7, 11) is 0. The second-order valence-corrected chi connectivity index (χ2v) is 11.1. The van der Waals surface area contributed by atoms with Crippen molar-refractivity contribution in [1.82, 2.24) is 19.9 Å². The summed E-state index contributed by atoms with van der Waals surface area (Å²) in [5.41, 5.74) is 8.76. The number of rotatable bonds is 6. The lowest BCUT2D eigenvalue weighted by molar-refractivity contribution is 0.318. The van der Waals surface area contributed by atoms with Gasteiger partial charge in [0.15, 0.2) is 0 Å². The summed E-state index contributed by atoms with van der Waals surface area (Å²) < 4.78 is 0. The minimum absolute atomic E-state index is 0.150. The van der Waals surface area contributed by atoms with Crippen LogP contribution in [0.25, 0.3) is 22.8 Å². The number of H-pyrrole nitrogens is 2. The SMILES string of the molecule is CCO.Cc1cccc(C(=N)c2[nH]c(-c3cccc(C)c3)nc2O)c1.Cc1cccc(C(=N)c2[nH]c(-c3cccc(C)c3)nc2O)c1. The van der Waals surface area contributed by atoms with Gasteiger partial charge in [-0.25, -0.2) is 0 Å². The second kappa shape index (κ2) is 15.5. The van der Waals surface area contributed by atoms with E-state index in [0.717, 1.165) is 44.5 Å². The summed E-state index contributed by atoms with van der Waals surface area (Å²) in [6.45, 7) is 9.88. The minimum Gasteiger partial charge on any atom is -0.492 e. The van der Waals surface area contributed by atoms with Crippen LogP contribution in [0.2, 0.25) is 0 Å². The first-order valence-corrected chi connectivity index (χ1v) is 15.2. The standard InChI is InChI=1S/2C18H17N3O.C2H6O/c2*1-11-5-3-7-13(9-11)15(19)16-18(22)21-17(20-16)14-8-4-6-12(2)10-14;1-2-3/h2*3-10,19,22H,1-2H3,(H,20,21);3H,2H2,1H3. The number of nitrogens with zero attached hydrogens (tertiary/aromatic N) is 2. The van der Waals surface area contributed by atoms with Crippen molar-refractivity contribution in [3.63, 3.8) is 0 Å². The maximum absolute atomic E-state index is 10.1. The fourth-order valence-electron chi connectivity index (χ4n) is 4.82. The molecular formula is C38H40N6O3. The molecule has 0 atom stereocenters. The highest BCUT2D eigenvalue weighted by molar-refractivity contribution is 6.12. The van der Waals surface area contributed by atoms with Gasteiger partial charge in [0.25, 0.3) is 0 Å². The third-order valence-electron chi connectivity index (χ3n) is 7.07. The molecule has 0 bridgehead atoms. The lowest BCUT2D eigenvalue weighted by Crippen LogP contribution is -2.02. The van der Waals surface area contributed by atoms with E-state index in [0.29, 0.717) is 23.0 Å². The molecule has 240 valence electrons. The number of aromatic hydroxyl groups is 2. The zero-order valence-electron chi connectivity index (χ0n) is 27.2. The van der Waals surface area contributed by atoms with E-state index < -0.39 is 0 Å². The van der Waals surface area contributed by atoms with E-state index in [1.165, 1.54) is 0 Å². The van der Waals surface area contributed by atoms with Crippen LogP contribution < -0.4 is 0 Å². The van der Waals surface area contributed by atoms with E-state index in [1.54, 1.807) is 6.92 Å². The van der Waals surface area contributed by atoms with Gasteiger partial charge in [0.1, 0.15) is 23.0 Å². The lowest BCUT2D eigenvalue weighted by Gasteiger charge is -2.03. The van der Waals surface area contributed by atoms with E-state index in [1.807, 2.05) is 125 Å². The Morgan fingerprint density at radius 1 is 0.574 bits per heavy atom. The molecule has 0 unspecified atom stereocenters. The molecule has 0 amide bonds. The zero-order valence-corrected chi connectivity index (χ0v) is 27.2. The number of aryl methyl sites for hydroxylation is 4. The van der Waals surface area contributed by atoms with Crippen molar-refractivity contribution >= 4 is 11.4 Å².